The number of ether oxygens (including phenoxy) is 1. The lowest BCUT2D eigenvalue weighted by molar-refractivity contribution is -0.114. The fourth-order valence-corrected chi connectivity index (χ4v) is 2.65. The molecule has 2 amide bonds. The molecule has 0 saturated carbocycles. The van der Waals surface area contributed by atoms with Crippen molar-refractivity contribution in [2.75, 3.05) is 37.4 Å². The van der Waals surface area contributed by atoms with Crippen molar-refractivity contribution in [1.82, 2.24) is 5.32 Å². The minimum Gasteiger partial charge on any atom is -0.383 e. The molecule has 0 unspecified atom stereocenters. The molecule has 0 aromatic heterocycles. The van der Waals surface area contributed by atoms with Crippen LogP contribution < -0.4 is 16.0 Å². The van der Waals surface area contributed by atoms with Crippen LogP contribution in [-0.4, -0.2) is 38.6 Å². The molecule has 0 aliphatic heterocycles. The van der Waals surface area contributed by atoms with Crippen LogP contribution in [-0.2, 0) is 9.53 Å². The third-order valence-corrected chi connectivity index (χ3v) is 4.29. The highest BCUT2D eigenvalue weighted by molar-refractivity contribution is 14.1. The molecule has 0 spiro atoms. The number of carbonyl (C=O) groups is 2. The second-order valence-corrected chi connectivity index (χ2v) is 6.34. The normalized spacial score (nSPS) is 10.2. The van der Waals surface area contributed by atoms with Crippen LogP contribution in [0.1, 0.15) is 10.4 Å². The molecule has 0 radical (unpaired) electrons. The molecule has 0 bridgehead atoms. The van der Waals surface area contributed by atoms with E-state index in [0.29, 0.717) is 24.4 Å². The Hall–Kier alpha value is -2.13. The molecule has 2 rings (SSSR count). The lowest BCUT2D eigenvalue weighted by Crippen LogP contribution is -2.28. The Morgan fingerprint density at radius 2 is 1.72 bits per heavy atom. The first kappa shape index (κ1) is 19.2. The average molecular weight is 453 g/mol. The van der Waals surface area contributed by atoms with Gasteiger partial charge in [-0.25, -0.2) is 0 Å². The van der Waals surface area contributed by atoms with Gasteiger partial charge in [-0.05, 0) is 46.9 Å². The van der Waals surface area contributed by atoms with E-state index in [0.717, 1.165) is 9.26 Å². The molecule has 0 fully saturated rings. The first-order valence-electron chi connectivity index (χ1n) is 7.76. The Bertz CT molecular complexity index is 737. The SMILES string of the molecule is COCCNC(=O)c1ccccc1NCC(=O)Nc1ccccc1I. The summed E-state index contributed by atoms with van der Waals surface area (Å²) in [5.74, 6) is -0.392. The van der Waals surface area contributed by atoms with E-state index in [2.05, 4.69) is 38.5 Å². The molecule has 7 heteroatoms. The predicted molar refractivity (Wildman–Crippen MR) is 107 cm³/mol. The number of methoxy groups -OCH3 is 1. The molecule has 6 nitrogen and oxygen atoms in total. The van der Waals surface area contributed by atoms with Crippen LogP contribution in [0.2, 0.25) is 0 Å². The minimum atomic E-state index is -0.210. The van der Waals surface area contributed by atoms with Gasteiger partial charge in [0.2, 0.25) is 5.91 Å². The van der Waals surface area contributed by atoms with Crippen LogP contribution in [0, 0.1) is 3.57 Å². The predicted octanol–water partition coefficient (Wildman–Crippen LogP) is 2.72. The summed E-state index contributed by atoms with van der Waals surface area (Å²) in [5.41, 5.74) is 1.86. The first-order chi connectivity index (χ1) is 12.1. The maximum absolute atomic E-state index is 12.2. The molecular formula is C18H20IN3O3. The molecular weight excluding hydrogens is 433 g/mol. The van der Waals surface area contributed by atoms with Gasteiger partial charge in [-0.15, -0.1) is 0 Å². The van der Waals surface area contributed by atoms with E-state index in [9.17, 15) is 9.59 Å². The highest BCUT2D eigenvalue weighted by Crippen LogP contribution is 2.17. The third-order valence-electron chi connectivity index (χ3n) is 3.35. The van der Waals surface area contributed by atoms with Crippen molar-refractivity contribution < 1.29 is 14.3 Å². The largest absolute Gasteiger partial charge is 0.383 e. The van der Waals surface area contributed by atoms with Crippen LogP contribution in [0.25, 0.3) is 0 Å². The first-order valence-corrected chi connectivity index (χ1v) is 8.84. The summed E-state index contributed by atoms with van der Waals surface area (Å²) in [6, 6.07) is 14.6. The lowest BCUT2D eigenvalue weighted by Gasteiger charge is -2.12. The van der Waals surface area contributed by atoms with Gasteiger partial charge < -0.3 is 20.7 Å². The van der Waals surface area contributed by atoms with Crippen molar-refractivity contribution in [2.45, 2.75) is 0 Å². The number of hydrogen-bond acceptors (Lipinski definition) is 4. The van der Waals surface area contributed by atoms with Gasteiger partial charge in [0.25, 0.3) is 5.91 Å². The molecule has 0 aliphatic rings. The van der Waals surface area contributed by atoms with E-state index in [1.54, 1.807) is 25.3 Å². The zero-order valence-corrected chi connectivity index (χ0v) is 16.0. The van der Waals surface area contributed by atoms with Gasteiger partial charge in [-0.1, -0.05) is 24.3 Å². The van der Waals surface area contributed by atoms with Crippen molar-refractivity contribution in [1.29, 1.82) is 0 Å². The number of para-hydroxylation sites is 2. The monoisotopic (exact) mass is 453 g/mol. The van der Waals surface area contributed by atoms with E-state index in [1.165, 1.54) is 0 Å². The van der Waals surface area contributed by atoms with E-state index < -0.39 is 0 Å². The maximum Gasteiger partial charge on any atom is 0.253 e. The van der Waals surface area contributed by atoms with Crippen molar-refractivity contribution in [3.63, 3.8) is 0 Å². The fourth-order valence-electron chi connectivity index (χ4n) is 2.13. The average Bonchev–Trinajstić information content (AvgIpc) is 2.62. The van der Waals surface area contributed by atoms with E-state index in [-0.39, 0.29) is 18.4 Å². The summed E-state index contributed by atoms with van der Waals surface area (Å²) in [6.45, 7) is 0.934. The van der Waals surface area contributed by atoms with Crippen molar-refractivity contribution in [2.24, 2.45) is 0 Å². The van der Waals surface area contributed by atoms with Gasteiger partial charge in [-0.3, -0.25) is 9.59 Å². The van der Waals surface area contributed by atoms with Crippen LogP contribution in [0.4, 0.5) is 11.4 Å². The van der Waals surface area contributed by atoms with Gasteiger partial charge in [0, 0.05) is 22.9 Å². The second-order valence-electron chi connectivity index (χ2n) is 5.18. The van der Waals surface area contributed by atoms with E-state index in [4.69, 9.17) is 4.74 Å². The molecule has 3 N–H and O–H groups in total. The van der Waals surface area contributed by atoms with E-state index >= 15 is 0 Å². The minimum absolute atomic E-state index is 0.0628. The van der Waals surface area contributed by atoms with Crippen molar-refractivity contribution in [3.05, 3.63) is 57.7 Å². The fraction of sp³-hybridized carbons (Fsp3) is 0.222. The lowest BCUT2D eigenvalue weighted by atomic mass is 10.1. The molecule has 2 aromatic rings. The van der Waals surface area contributed by atoms with Gasteiger partial charge in [0.1, 0.15) is 0 Å². The van der Waals surface area contributed by atoms with Gasteiger partial charge in [0.15, 0.2) is 0 Å². The summed E-state index contributed by atoms with van der Waals surface area (Å²) < 4.78 is 5.88. The molecule has 0 aliphatic carbocycles. The van der Waals surface area contributed by atoms with Crippen molar-refractivity contribution in [3.8, 4) is 0 Å². The molecule has 132 valence electrons. The standard InChI is InChI=1S/C18H20IN3O3/c1-25-11-10-20-18(24)13-6-2-4-8-15(13)21-12-17(23)22-16-9-5-3-7-14(16)19/h2-9,21H,10-12H2,1H3,(H,20,24)(H,22,23). The van der Waals surface area contributed by atoms with Gasteiger partial charge in [0.05, 0.1) is 24.4 Å². The second kappa shape index (κ2) is 10.00. The van der Waals surface area contributed by atoms with Crippen LogP contribution in [0.15, 0.2) is 48.5 Å². The van der Waals surface area contributed by atoms with Gasteiger partial charge in [-0.2, -0.15) is 0 Å². The molecule has 0 heterocycles. The molecule has 25 heavy (non-hydrogen) atoms. The van der Waals surface area contributed by atoms with Crippen LogP contribution >= 0.6 is 22.6 Å². The van der Waals surface area contributed by atoms with Crippen LogP contribution in [0.5, 0.6) is 0 Å². The number of benzene rings is 2. The third kappa shape index (κ3) is 6.02. The summed E-state index contributed by atoms with van der Waals surface area (Å²) >= 11 is 2.17. The topological polar surface area (TPSA) is 79.5 Å². The Balaban J connectivity index is 1.95. The summed E-state index contributed by atoms with van der Waals surface area (Å²) in [7, 11) is 1.58. The smallest absolute Gasteiger partial charge is 0.253 e. The Morgan fingerprint density at radius 1 is 1.04 bits per heavy atom. The Labute approximate surface area is 160 Å². The number of rotatable bonds is 8. The zero-order chi connectivity index (χ0) is 18.1. The van der Waals surface area contributed by atoms with Crippen molar-refractivity contribution >= 4 is 45.8 Å². The Morgan fingerprint density at radius 3 is 2.44 bits per heavy atom. The highest BCUT2D eigenvalue weighted by Gasteiger charge is 2.11. The number of amides is 2. The molecule has 0 atom stereocenters. The number of nitrogens with one attached hydrogen (secondary N) is 3. The molecule has 2 aromatic carbocycles. The van der Waals surface area contributed by atoms with E-state index in [1.807, 2.05) is 30.3 Å². The Kier molecular flexibility index (Phi) is 7.68. The van der Waals surface area contributed by atoms with Crippen LogP contribution in [0.3, 0.4) is 0 Å². The maximum atomic E-state index is 12.2. The number of hydrogen-bond donors (Lipinski definition) is 3. The number of anilines is 2. The summed E-state index contributed by atoms with van der Waals surface area (Å²) in [4.78, 5) is 24.3. The quantitative estimate of drug-likeness (QED) is 0.425. The zero-order valence-electron chi connectivity index (χ0n) is 13.8. The highest BCUT2D eigenvalue weighted by atomic mass is 127. The number of carbonyl (C=O) groups excluding carboxylic acids is 2. The molecule has 0 saturated heterocycles. The number of halogens is 1. The summed E-state index contributed by atoms with van der Waals surface area (Å²) in [5, 5.41) is 8.63. The summed E-state index contributed by atoms with van der Waals surface area (Å²) in [6.07, 6.45) is 0. The van der Waals surface area contributed by atoms with Gasteiger partial charge >= 0.3 is 0 Å².